The fourth-order valence-corrected chi connectivity index (χ4v) is 10.1. The second kappa shape index (κ2) is 10.0. The molecule has 0 bridgehead atoms. The van der Waals surface area contributed by atoms with E-state index in [1.807, 2.05) is 6.07 Å². The Morgan fingerprint density at radius 3 is 2.51 bits per heavy atom. The van der Waals surface area contributed by atoms with Crippen molar-refractivity contribution in [3.63, 3.8) is 0 Å². The molecule has 4 aliphatic carbocycles. The number of fused-ring (bicyclic) bond motifs is 5. The molecule has 0 aromatic heterocycles. The molecule has 5 aliphatic rings. The van der Waals surface area contributed by atoms with Gasteiger partial charge in [-0.1, -0.05) is 26.0 Å². The third kappa shape index (κ3) is 4.25. The van der Waals surface area contributed by atoms with Crippen molar-refractivity contribution in [2.75, 3.05) is 7.11 Å². The number of hydrogen-bond acceptors (Lipinski definition) is 6. The second-order valence-corrected chi connectivity index (χ2v) is 13.9. The van der Waals surface area contributed by atoms with Gasteiger partial charge in [0.2, 0.25) is 0 Å². The van der Waals surface area contributed by atoms with Crippen LogP contribution < -0.4 is 0 Å². The molecule has 1 aromatic rings. The highest BCUT2D eigenvalue weighted by molar-refractivity contribution is 5.30. The van der Waals surface area contributed by atoms with Crippen LogP contribution in [0.2, 0.25) is 0 Å². The predicted molar refractivity (Wildman–Crippen MR) is 144 cm³/mol. The van der Waals surface area contributed by atoms with E-state index in [-0.39, 0.29) is 34.6 Å². The third-order valence-corrected chi connectivity index (χ3v) is 12.4. The number of methoxy groups -OCH3 is 1. The molecule has 1 aliphatic heterocycles. The monoisotopic (exact) mass is 546 g/mol. The standard InChI is InChI=1S/C32H47FO6/c1-18-26(34)28(37-4)27(35)29(38-18)39-22-10-13-30(2)20(17-22)8-9-25-24(30)11-14-31(3)23(12-15-32(25,31)36)19-6-5-7-21(33)16-19/h5-7,16,18,20,22-29,34-36H,8-15,17H2,1-4H3/t18-,20?,22?,23?,24-,25-,26-,27-,28+,29+,30+,31-,32-/m1/s1. The van der Waals surface area contributed by atoms with Gasteiger partial charge in [0.15, 0.2) is 6.29 Å². The lowest BCUT2D eigenvalue weighted by Gasteiger charge is -2.64. The molecule has 0 amide bonds. The summed E-state index contributed by atoms with van der Waals surface area (Å²) in [4.78, 5) is 0. The molecule has 3 unspecified atom stereocenters. The van der Waals surface area contributed by atoms with Gasteiger partial charge in [-0.2, -0.15) is 0 Å². The molecule has 13 atom stereocenters. The zero-order valence-electron chi connectivity index (χ0n) is 23.9. The summed E-state index contributed by atoms with van der Waals surface area (Å²) in [6.45, 7) is 6.49. The summed E-state index contributed by atoms with van der Waals surface area (Å²) >= 11 is 0. The summed E-state index contributed by atoms with van der Waals surface area (Å²) in [7, 11) is 1.49. The Kier molecular flexibility index (Phi) is 7.21. The molecule has 0 radical (unpaired) electrons. The first-order valence-corrected chi connectivity index (χ1v) is 15.2. The Hall–Kier alpha value is -1.09. The minimum atomic E-state index is -1.04. The molecule has 218 valence electrons. The van der Waals surface area contributed by atoms with Crippen LogP contribution in [0.4, 0.5) is 4.39 Å². The Morgan fingerprint density at radius 1 is 0.974 bits per heavy atom. The van der Waals surface area contributed by atoms with Gasteiger partial charge in [-0.15, -0.1) is 0 Å². The molecule has 4 saturated carbocycles. The first-order chi connectivity index (χ1) is 18.5. The predicted octanol–water partition coefficient (Wildman–Crippen LogP) is 4.93. The quantitative estimate of drug-likeness (QED) is 0.464. The second-order valence-electron chi connectivity index (χ2n) is 13.9. The highest BCUT2D eigenvalue weighted by atomic mass is 19.1. The smallest absolute Gasteiger partial charge is 0.186 e. The maximum atomic E-state index is 14.1. The van der Waals surface area contributed by atoms with Gasteiger partial charge in [-0.25, -0.2) is 4.39 Å². The van der Waals surface area contributed by atoms with E-state index in [9.17, 15) is 19.7 Å². The van der Waals surface area contributed by atoms with E-state index < -0.39 is 36.3 Å². The molecular weight excluding hydrogens is 499 g/mol. The van der Waals surface area contributed by atoms with Crippen LogP contribution in [0.25, 0.3) is 0 Å². The van der Waals surface area contributed by atoms with Gasteiger partial charge in [0.25, 0.3) is 0 Å². The minimum absolute atomic E-state index is 0.0139. The number of ether oxygens (including phenoxy) is 3. The van der Waals surface area contributed by atoms with Gasteiger partial charge in [-0.05, 0) is 111 Å². The fraction of sp³-hybridized carbons (Fsp3) is 0.812. The van der Waals surface area contributed by atoms with Gasteiger partial charge >= 0.3 is 0 Å². The zero-order chi connectivity index (χ0) is 27.7. The van der Waals surface area contributed by atoms with Crippen LogP contribution in [0.5, 0.6) is 0 Å². The Balaban J connectivity index is 1.17. The van der Waals surface area contributed by atoms with E-state index in [1.165, 1.54) is 13.2 Å². The van der Waals surface area contributed by atoms with Gasteiger partial charge in [0, 0.05) is 12.5 Å². The number of hydrogen-bond donors (Lipinski definition) is 3. The zero-order valence-corrected chi connectivity index (χ0v) is 23.9. The summed E-state index contributed by atoms with van der Waals surface area (Å²) in [6.07, 6.45) is 4.70. The number of aliphatic hydroxyl groups is 3. The van der Waals surface area contributed by atoms with Crippen molar-refractivity contribution in [3.8, 4) is 0 Å². The molecule has 5 fully saturated rings. The maximum absolute atomic E-state index is 14.1. The minimum Gasteiger partial charge on any atom is -0.389 e. The summed E-state index contributed by atoms with van der Waals surface area (Å²) < 4.78 is 31.7. The van der Waals surface area contributed by atoms with Gasteiger partial charge in [0.05, 0.1) is 17.8 Å². The molecule has 39 heavy (non-hydrogen) atoms. The van der Waals surface area contributed by atoms with Crippen LogP contribution in [0, 0.1) is 34.4 Å². The van der Waals surface area contributed by atoms with Gasteiger partial charge in [0.1, 0.15) is 24.1 Å². The molecule has 1 heterocycles. The van der Waals surface area contributed by atoms with Crippen molar-refractivity contribution in [1.82, 2.24) is 0 Å². The van der Waals surface area contributed by atoms with Crippen molar-refractivity contribution in [2.24, 2.45) is 28.6 Å². The lowest BCUT2D eigenvalue weighted by atomic mass is 9.43. The Bertz CT molecular complexity index is 1050. The SMILES string of the molecule is CO[C@@H]1[C@@H](O)[C@H](OC2CC[C@@]3(C)C(CC[C@@H]4[C@H]3CC[C@]3(C)C(c5cccc(F)c5)CC[C@@]43O)C2)O[C@H](C)[C@H]1O. The lowest BCUT2D eigenvalue weighted by Crippen LogP contribution is -2.62. The molecule has 1 saturated heterocycles. The molecular formula is C32H47FO6. The van der Waals surface area contributed by atoms with E-state index in [2.05, 4.69) is 13.8 Å². The van der Waals surface area contributed by atoms with Gasteiger partial charge in [-0.3, -0.25) is 0 Å². The fourth-order valence-electron chi connectivity index (χ4n) is 10.1. The lowest BCUT2D eigenvalue weighted by molar-refractivity contribution is -0.313. The van der Waals surface area contributed by atoms with Crippen molar-refractivity contribution < 1.29 is 33.9 Å². The average Bonchev–Trinajstić information content (AvgIpc) is 3.19. The number of halogens is 1. The number of benzene rings is 1. The Labute approximate surface area is 232 Å². The van der Waals surface area contributed by atoms with Crippen LogP contribution in [-0.2, 0) is 14.2 Å². The van der Waals surface area contributed by atoms with Crippen molar-refractivity contribution in [2.45, 2.75) is 127 Å². The molecule has 0 spiro atoms. The van der Waals surface area contributed by atoms with Crippen molar-refractivity contribution >= 4 is 0 Å². The highest BCUT2D eigenvalue weighted by Gasteiger charge is 2.67. The van der Waals surface area contributed by atoms with Crippen molar-refractivity contribution in [3.05, 3.63) is 35.6 Å². The van der Waals surface area contributed by atoms with E-state index >= 15 is 0 Å². The molecule has 1 aromatic carbocycles. The van der Waals surface area contributed by atoms with Crippen LogP contribution in [0.3, 0.4) is 0 Å². The largest absolute Gasteiger partial charge is 0.389 e. The maximum Gasteiger partial charge on any atom is 0.186 e. The van der Waals surface area contributed by atoms with E-state index in [1.54, 1.807) is 19.1 Å². The first-order valence-electron chi connectivity index (χ1n) is 15.2. The van der Waals surface area contributed by atoms with Crippen LogP contribution >= 0.6 is 0 Å². The molecule has 7 heteroatoms. The molecule has 6 nitrogen and oxygen atoms in total. The molecule has 6 rings (SSSR count). The van der Waals surface area contributed by atoms with E-state index in [0.29, 0.717) is 11.8 Å². The van der Waals surface area contributed by atoms with Crippen LogP contribution in [0.1, 0.15) is 90.0 Å². The average molecular weight is 547 g/mol. The highest BCUT2D eigenvalue weighted by Crippen LogP contribution is 2.70. The topological polar surface area (TPSA) is 88.4 Å². The normalized spacial score (nSPS) is 51.6. The number of aliphatic hydroxyl groups excluding tert-OH is 2. The summed E-state index contributed by atoms with van der Waals surface area (Å²) in [5.41, 5.74) is 0.218. The molecule has 3 N–H and O–H groups in total. The Morgan fingerprint density at radius 2 is 1.77 bits per heavy atom. The summed E-state index contributed by atoms with van der Waals surface area (Å²) in [5.74, 6) is 1.22. The van der Waals surface area contributed by atoms with Crippen molar-refractivity contribution in [1.29, 1.82) is 0 Å². The van der Waals surface area contributed by atoms with Crippen LogP contribution in [-0.4, -0.2) is 64.8 Å². The van der Waals surface area contributed by atoms with E-state index in [0.717, 1.165) is 63.4 Å². The summed E-state index contributed by atoms with van der Waals surface area (Å²) in [6, 6.07) is 7.03. The first kappa shape index (κ1) is 28.0. The number of rotatable bonds is 4. The summed E-state index contributed by atoms with van der Waals surface area (Å²) in [5, 5.41) is 33.6. The third-order valence-electron chi connectivity index (χ3n) is 12.4. The van der Waals surface area contributed by atoms with Gasteiger partial charge < -0.3 is 29.5 Å². The van der Waals surface area contributed by atoms with E-state index in [4.69, 9.17) is 14.2 Å². The van der Waals surface area contributed by atoms with Crippen LogP contribution in [0.15, 0.2) is 24.3 Å².